The predicted molar refractivity (Wildman–Crippen MR) is 102 cm³/mol. The van der Waals surface area contributed by atoms with E-state index in [9.17, 15) is 4.79 Å². The fourth-order valence-electron chi connectivity index (χ4n) is 3.85. The third-order valence-corrected chi connectivity index (χ3v) is 5.36. The lowest BCUT2D eigenvalue weighted by atomic mass is 9.89. The summed E-state index contributed by atoms with van der Waals surface area (Å²) in [5, 5.41) is 11.3. The average Bonchev–Trinajstić information content (AvgIpc) is 3.37. The second kappa shape index (κ2) is 7.42. The van der Waals surface area contributed by atoms with Crippen LogP contribution in [0.15, 0.2) is 35.6 Å². The van der Waals surface area contributed by atoms with Crippen LogP contribution in [0.4, 0.5) is 0 Å². The monoisotopic (exact) mass is 368 g/mol. The maximum Gasteiger partial charge on any atom is 0.266 e. The number of oxime groups is 1. The van der Waals surface area contributed by atoms with Gasteiger partial charge < -0.3 is 14.5 Å². The van der Waals surface area contributed by atoms with Gasteiger partial charge in [-0.15, -0.1) is 0 Å². The van der Waals surface area contributed by atoms with Gasteiger partial charge in [-0.3, -0.25) is 9.89 Å². The highest BCUT2D eigenvalue weighted by Gasteiger charge is 2.33. The van der Waals surface area contributed by atoms with Gasteiger partial charge in [-0.05, 0) is 37.5 Å². The van der Waals surface area contributed by atoms with Gasteiger partial charge in [0.05, 0.1) is 19.0 Å². The van der Waals surface area contributed by atoms with E-state index in [2.05, 4.69) is 21.4 Å². The number of nitrogens with zero attached hydrogens (tertiary/aromatic N) is 3. The molecule has 3 heterocycles. The first-order valence-electron chi connectivity index (χ1n) is 9.31. The van der Waals surface area contributed by atoms with Crippen molar-refractivity contribution in [3.05, 3.63) is 36.2 Å². The second-order valence-electron chi connectivity index (χ2n) is 7.15. The van der Waals surface area contributed by atoms with Gasteiger partial charge in [0.15, 0.2) is 0 Å². The molecule has 1 saturated heterocycles. The fraction of sp³-hybridized carbons (Fsp3) is 0.450. The van der Waals surface area contributed by atoms with Crippen molar-refractivity contribution in [3.8, 4) is 16.9 Å². The third kappa shape index (κ3) is 3.54. The molecule has 2 aromatic rings. The van der Waals surface area contributed by atoms with Crippen molar-refractivity contribution < 1.29 is 14.4 Å². The van der Waals surface area contributed by atoms with Crippen LogP contribution in [-0.2, 0) is 9.63 Å². The van der Waals surface area contributed by atoms with Crippen LogP contribution in [0.2, 0.25) is 0 Å². The second-order valence-corrected chi connectivity index (χ2v) is 7.15. The molecular formula is C20H24N4O3. The number of likely N-dealkylation sites (tertiary alicyclic amines) is 1. The molecule has 7 nitrogen and oxygen atoms in total. The van der Waals surface area contributed by atoms with Gasteiger partial charge in [-0.2, -0.15) is 5.10 Å². The molecule has 0 radical (unpaired) electrons. The molecule has 0 saturated carbocycles. The Labute approximate surface area is 158 Å². The normalized spacial score (nSPS) is 20.3. The molecule has 0 bridgehead atoms. The Morgan fingerprint density at radius 1 is 1.33 bits per heavy atom. The number of aromatic amines is 1. The molecule has 7 heteroatoms. The number of benzene rings is 1. The van der Waals surface area contributed by atoms with E-state index in [0.29, 0.717) is 12.3 Å². The third-order valence-electron chi connectivity index (χ3n) is 5.36. The number of ether oxygens (including phenoxy) is 1. The van der Waals surface area contributed by atoms with Crippen LogP contribution in [0.3, 0.4) is 0 Å². The molecule has 1 aromatic carbocycles. The van der Waals surface area contributed by atoms with Gasteiger partial charge in [0.1, 0.15) is 5.75 Å². The molecule has 1 amide bonds. The predicted octanol–water partition coefficient (Wildman–Crippen LogP) is 2.96. The molecule has 1 atom stereocenters. The molecule has 27 heavy (non-hydrogen) atoms. The highest BCUT2D eigenvalue weighted by atomic mass is 16.6. The number of nitrogens with one attached hydrogen (secondary N) is 1. The summed E-state index contributed by atoms with van der Waals surface area (Å²) in [6.45, 7) is 3.33. The first-order chi connectivity index (χ1) is 13.2. The summed E-state index contributed by atoms with van der Waals surface area (Å²) in [5.41, 5.74) is 4.20. The lowest BCUT2D eigenvalue weighted by molar-refractivity contribution is -0.143. The Balaban J connectivity index is 1.43. The highest BCUT2D eigenvalue weighted by molar-refractivity contribution is 5.91. The number of carbonyl (C=O) groups is 1. The van der Waals surface area contributed by atoms with E-state index in [1.807, 2.05) is 36.2 Å². The first-order valence-corrected chi connectivity index (χ1v) is 9.31. The molecule has 1 aromatic heterocycles. The highest BCUT2D eigenvalue weighted by Crippen LogP contribution is 2.35. The molecule has 1 N–H and O–H groups in total. The minimum Gasteiger partial charge on any atom is -0.497 e. The molecule has 1 fully saturated rings. The summed E-state index contributed by atoms with van der Waals surface area (Å²) in [6, 6.07) is 8.00. The van der Waals surface area contributed by atoms with Crippen LogP contribution in [0.25, 0.3) is 11.1 Å². The summed E-state index contributed by atoms with van der Waals surface area (Å²) in [4.78, 5) is 19.7. The quantitative estimate of drug-likeness (QED) is 0.900. The van der Waals surface area contributed by atoms with Crippen molar-refractivity contribution in [2.24, 2.45) is 5.16 Å². The smallest absolute Gasteiger partial charge is 0.266 e. The Morgan fingerprint density at radius 2 is 2.15 bits per heavy atom. The maximum atomic E-state index is 12.6. The van der Waals surface area contributed by atoms with Gasteiger partial charge in [-0.1, -0.05) is 17.3 Å². The zero-order chi connectivity index (χ0) is 18.8. The number of amides is 1. The lowest BCUT2D eigenvalue weighted by Crippen LogP contribution is -2.43. The molecule has 2 aliphatic heterocycles. The minimum atomic E-state index is -0.443. The van der Waals surface area contributed by atoms with Crippen LogP contribution in [-0.4, -0.2) is 53.0 Å². The molecule has 0 unspecified atom stereocenters. The Bertz CT molecular complexity index is 852. The van der Waals surface area contributed by atoms with Gasteiger partial charge in [0.25, 0.3) is 5.91 Å². The Morgan fingerprint density at radius 3 is 2.85 bits per heavy atom. The van der Waals surface area contributed by atoms with E-state index in [-0.39, 0.29) is 5.91 Å². The molecule has 4 rings (SSSR count). The van der Waals surface area contributed by atoms with E-state index in [1.165, 1.54) is 0 Å². The first kappa shape index (κ1) is 17.6. The Kier molecular flexibility index (Phi) is 4.83. The number of aromatic nitrogens is 2. The van der Waals surface area contributed by atoms with Gasteiger partial charge >= 0.3 is 0 Å². The van der Waals surface area contributed by atoms with E-state index < -0.39 is 6.10 Å². The Hall–Kier alpha value is -2.83. The number of carbonyl (C=O) groups excluding carboxylic acids is 1. The summed E-state index contributed by atoms with van der Waals surface area (Å²) >= 11 is 0. The zero-order valence-electron chi connectivity index (χ0n) is 15.6. The van der Waals surface area contributed by atoms with Crippen LogP contribution in [0, 0.1) is 0 Å². The van der Waals surface area contributed by atoms with E-state index >= 15 is 0 Å². The van der Waals surface area contributed by atoms with E-state index in [1.54, 1.807) is 7.11 Å². The number of hydrogen-bond acceptors (Lipinski definition) is 5. The zero-order valence-corrected chi connectivity index (χ0v) is 15.6. The van der Waals surface area contributed by atoms with Gasteiger partial charge in [0, 0.05) is 36.7 Å². The summed E-state index contributed by atoms with van der Waals surface area (Å²) < 4.78 is 5.34. The van der Waals surface area contributed by atoms with Gasteiger partial charge in [-0.25, -0.2) is 0 Å². The number of piperidine rings is 1. The maximum absolute atomic E-state index is 12.6. The van der Waals surface area contributed by atoms with Crippen LogP contribution >= 0.6 is 0 Å². The number of H-pyrrole nitrogens is 1. The van der Waals surface area contributed by atoms with Crippen molar-refractivity contribution in [2.75, 3.05) is 20.2 Å². The standard InChI is InChI=1S/C20H24N4O3/c1-13-10-18(27-23-13)20(25)24-8-6-14(7-9-24)19-17(12-21-22-19)15-4-3-5-16(11-15)26-2/h3-5,11-12,14,18H,6-10H2,1-2H3,(H,21,22)/t18-/m1/s1. The van der Waals surface area contributed by atoms with Crippen LogP contribution in [0.1, 0.15) is 37.8 Å². The van der Waals surface area contributed by atoms with Crippen molar-refractivity contribution >= 4 is 11.6 Å². The molecular weight excluding hydrogens is 344 g/mol. The fourth-order valence-corrected chi connectivity index (χ4v) is 3.85. The van der Waals surface area contributed by atoms with Crippen molar-refractivity contribution in [1.29, 1.82) is 0 Å². The summed E-state index contributed by atoms with van der Waals surface area (Å²) in [6.07, 6.45) is 3.82. The molecule has 0 aliphatic carbocycles. The van der Waals surface area contributed by atoms with Crippen LogP contribution in [0.5, 0.6) is 5.75 Å². The molecule has 142 valence electrons. The van der Waals surface area contributed by atoms with Crippen molar-refractivity contribution in [3.63, 3.8) is 0 Å². The summed E-state index contributed by atoms with van der Waals surface area (Å²) in [7, 11) is 1.67. The summed E-state index contributed by atoms with van der Waals surface area (Å²) in [5.74, 6) is 1.22. The number of methoxy groups -OCH3 is 1. The lowest BCUT2D eigenvalue weighted by Gasteiger charge is -2.33. The molecule has 2 aliphatic rings. The van der Waals surface area contributed by atoms with Crippen LogP contribution < -0.4 is 4.74 Å². The van der Waals surface area contributed by atoms with E-state index in [4.69, 9.17) is 9.57 Å². The SMILES string of the molecule is COc1cccc(-c2cn[nH]c2C2CCN(C(=O)[C@H]3CC(C)=NO3)CC2)c1. The largest absolute Gasteiger partial charge is 0.497 e. The van der Waals surface area contributed by atoms with Gasteiger partial charge in [0.2, 0.25) is 6.10 Å². The van der Waals surface area contributed by atoms with Crippen molar-refractivity contribution in [2.45, 2.75) is 38.2 Å². The molecule has 0 spiro atoms. The van der Waals surface area contributed by atoms with Crippen molar-refractivity contribution in [1.82, 2.24) is 15.1 Å². The topological polar surface area (TPSA) is 79.8 Å². The number of rotatable bonds is 4. The average molecular weight is 368 g/mol. The minimum absolute atomic E-state index is 0.0479. The van der Waals surface area contributed by atoms with E-state index in [0.717, 1.165) is 54.2 Å². The number of hydrogen-bond donors (Lipinski definition) is 1.